The third kappa shape index (κ3) is 2.54. The number of amides is 1. The van der Waals surface area contributed by atoms with Crippen molar-refractivity contribution in [3.63, 3.8) is 0 Å². The average Bonchev–Trinajstić information content (AvgIpc) is 3.31. The van der Waals surface area contributed by atoms with Gasteiger partial charge in [-0.25, -0.2) is 4.98 Å². The van der Waals surface area contributed by atoms with Gasteiger partial charge < -0.3 is 14.6 Å². The number of rotatable bonds is 2. The number of hydrogen-bond donors (Lipinski definition) is 1. The number of hydrogen-bond acceptors (Lipinski definition) is 4. The summed E-state index contributed by atoms with van der Waals surface area (Å²) in [6, 6.07) is 11.7. The van der Waals surface area contributed by atoms with Crippen LogP contribution in [0, 0.1) is 0 Å². The number of fused-ring (bicyclic) bond motifs is 2. The lowest BCUT2D eigenvalue weighted by atomic mass is 10.1. The Balaban J connectivity index is 1.33. The van der Waals surface area contributed by atoms with Gasteiger partial charge in [0.05, 0.1) is 17.9 Å². The van der Waals surface area contributed by atoms with Crippen LogP contribution in [0.25, 0.3) is 11.4 Å². The Morgan fingerprint density at radius 3 is 3.00 bits per heavy atom. The zero-order valence-electron chi connectivity index (χ0n) is 14.2. The van der Waals surface area contributed by atoms with Gasteiger partial charge in [-0.3, -0.25) is 9.78 Å². The van der Waals surface area contributed by atoms with Gasteiger partial charge in [0.25, 0.3) is 5.91 Å². The van der Waals surface area contributed by atoms with Crippen molar-refractivity contribution in [3.8, 4) is 17.1 Å². The third-order valence-corrected chi connectivity index (χ3v) is 5.00. The normalized spacial score (nSPS) is 18.2. The first-order valence-electron chi connectivity index (χ1n) is 8.79. The number of H-pyrrole nitrogens is 1. The van der Waals surface area contributed by atoms with Crippen molar-refractivity contribution in [2.24, 2.45) is 0 Å². The van der Waals surface area contributed by atoms with E-state index in [0.717, 1.165) is 40.5 Å². The first-order valence-corrected chi connectivity index (χ1v) is 8.79. The molecule has 5 rings (SSSR count). The van der Waals surface area contributed by atoms with Gasteiger partial charge in [-0.1, -0.05) is 18.2 Å². The quantitative estimate of drug-likeness (QED) is 0.773. The van der Waals surface area contributed by atoms with Crippen molar-refractivity contribution < 1.29 is 9.53 Å². The summed E-state index contributed by atoms with van der Waals surface area (Å²) in [4.78, 5) is 27.0. The van der Waals surface area contributed by atoms with Crippen molar-refractivity contribution in [3.05, 3.63) is 65.7 Å². The van der Waals surface area contributed by atoms with E-state index in [-0.39, 0.29) is 5.91 Å². The Bertz CT molecular complexity index is 942. The number of imidazole rings is 1. The van der Waals surface area contributed by atoms with Gasteiger partial charge in [-0.2, -0.15) is 0 Å². The fourth-order valence-corrected chi connectivity index (χ4v) is 3.64. The molecule has 4 heterocycles. The first kappa shape index (κ1) is 15.1. The number of benzene rings is 1. The second-order valence-corrected chi connectivity index (χ2v) is 6.68. The fraction of sp³-hybridized carbons (Fsp3) is 0.250. The highest BCUT2D eigenvalue weighted by molar-refractivity contribution is 5.83. The van der Waals surface area contributed by atoms with Crippen LogP contribution in [0.4, 0.5) is 0 Å². The molecule has 2 aliphatic rings. The van der Waals surface area contributed by atoms with Crippen molar-refractivity contribution >= 4 is 5.91 Å². The topological polar surface area (TPSA) is 71.1 Å². The number of carbonyl (C=O) groups is 1. The van der Waals surface area contributed by atoms with E-state index in [0.29, 0.717) is 19.5 Å². The molecule has 0 spiro atoms. The number of ether oxygens (including phenoxy) is 1. The van der Waals surface area contributed by atoms with E-state index in [2.05, 4.69) is 15.0 Å². The van der Waals surface area contributed by atoms with E-state index in [1.807, 2.05) is 41.3 Å². The number of carbonyl (C=O) groups excluding carboxylic acids is 1. The lowest BCUT2D eigenvalue weighted by molar-refractivity contribution is -0.138. The molecule has 1 atom stereocenters. The molecule has 1 aromatic carbocycles. The molecule has 0 saturated heterocycles. The molecule has 0 bridgehead atoms. The van der Waals surface area contributed by atoms with E-state index in [9.17, 15) is 4.79 Å². The minimum atomic E-state index is -0.422. The number of pyridine rings is 1. The number of para-hydroxylation sites is 1. The van der Waals surface area contributed by atoms with Gasteiger partial charge in [0.1, 0.15) is 11.6 Å². The molecule has 0 unspecified atom stereocenters. The maximum absolute atomic E-state index is 12.9. The molecule has 130 valence electrons. The summed E-state index contributed by atoms with van der Waals surface area (Å²) in [5.41, 5.74) is 4.08. The lowest BCUT2D eigenvalue weighted by Crippen LogP contribution is -2.43. The minimum absolute atomic E-state index is 0.0457. The van der Waals surface area contributed by atoms with Crippen LogP contribution < -0.4 is 4.74 Å². The molecule has 0 saturated carbocycles. The largest absolute Gasteiger partial charge is 0.480 e. The summed E-state index contributed by atoms with van der Waals surface area (Å²) < 4.78 is 5.86. The summed E-state index contributed by atoms with van der Waals surface area (Å²) in [7, 11) is 0. The van der Waals surface area contributed by atoms with E-state index in [4.69, 9.17) is 4.74 Å². The maximum Gasteiger partial charge on any atom is 0.264 e. The van der Waals surface area contributed by atoms with Crippen LogP contribution in [0.2, 0.25) is 0 Å². The van der Waals surface area contributed by atoms with Crippen molar-refractivity contribution in [1.29, 1.82) is 0 Å². The van der Waals surface area contributed by atoms with Crippen molar-refractivity contribution in [2.45, 2.75) is 25.5 Å². The Morgan fingerprint density at radius 2 is 2.15 bits per heavy atom. The number of nitrogens with zero attached hydrogens (tertiary/aromatic N) is 3. The summed E-state index contributed by atoms with van der Waals surface area (Å²) in [6.45, 7) is 1.21. The molecule has 6 heteroatoms. The van der Waals surface area contributed by atoms with Gasteiger partial charge in [-0.15, -0.1) is 0 Å². The Labute approximate surface area is 150 Å². The predicted octanol–water partition coefficient (Wildman–Crippen LogP) is 2.36. The molecule has 1 amide bonds. The van der Waals surface area contributed by atoms with Crippen LogP contribution in [0.1, 0.15) is 17.0 Å². The zero-order chi connectivity index (χ0) is 17.5. The summed E-state index contributed by atoms with van der Waals surface area (Å²) in [5.74, 6) is 1.68. The molecule has 0 radical (unpaired) electrons. The Morgan fingerprint density at radius 1 is 1.23 bits per heavy atom. The molecule has 2 aromatic heterocycles. The summed E-state index contributed by atoms with van der Waals surface area (Å²) in [6.07, 6.45) is 4.50. The molecule has 0 fully saturated rings. The van der Waals surface area contributed by atoms with Crippen LogP contribution in [0.5, 0.6) is 5.75 Å². The van der Waals surface area contributed by atoms with E-state index < -0.39 is 6.10 Å². The van der Waals surface area contributed by atoms with Crippen LogP contribution >= 0.6 is 0 Å². The molecular weight excluding hydrogens is 328 g/mol. The van der Waals surface area contributed by atoms with Crippen LogP contribution in [-0.4, -0.2) is 38.4 Å². The number of aromatic amines is 1. The highest BCUT2D eigenvalue weighted by Crippen LogP contribution is 2.30. The van der Waals surface area contributed by atoms with Crippen LogP contribution in [0.3, 0.4) is 0 Å². The number of aromatic nitrogens is 3. The zero-order valence-corrected chi connectivity index (χ0v) is 14.2. The van der Waals surface area contributed by atoms with Gasteiger partial charge >= 0.3 is 0 Å². The summed E-state index contributed by atoms with van der Waals surface area (Å²) >= 11 is 0. The molecule has 2 aliphatic heterocycles. The summed E-state index contributed by atoms with van der Waals surface area (Å²) in [5, 5.41) is 0. The van der Waals surface area contributed by atoms with Gasteiger partial charge in [0.15, 0.2) is 6.10 Å². The second-order valence-electron chi connectivity index (χ2n) is 6.68. The monoisotopic (exact) mass is 346 g/mol. The minimum Gasteiger partial charge on any atom is -0.480 e. The third-order valence-electron chi connectivity index (χ3n) is 5.00. The molecule has 26 heavy (non-hydrogen) atoms. The van der Waals surface area contributed by atoms with Crippen molar-refractivity contribution in [1.82, 2.24) is 19.9 Å². The lowest BCUT2D eigenvalue weighted by Gasteiger charge is -2.28. The second kappa shape index (κ2) is 5.98. The Kier molecular flexibility index (Phi) is 3.48. The van der Waals surface area contributed by atoms with Gasteiger partial charge in [-0.05, 0) is 23.8 Å². The Hall–Kier alpha value is -3.15. The molecule has 1 N–H and O–H groups in total. The van der Waals surface area contributed by atoms with Gasteiger partial charge in [0, 0.05) is 37.3 Å². The number of nitrogens with one attached hydrogen (secondary N) is 1. The predicted molar refractivity (Wildman–Crippen MR) is 95.5 cm³/mol. The highest BCUT2D eigenvalue weighted by Gasteiger charge is 2.34. The van der Waals surface area contributed by atoms with Crippen molar-refractivity contribution in [2.75, 3.05) is 6.54 Å². The highest BCUT2D eigenvalue weighted by atomic mass is 16.5. The fourth-order valence-electron chi connectivity index (χ4n) is 3.64. The molecule has 0 aliphatic carbocycles. The SMILES string of the molecule is O=C([C@H]1Cc2ccccc2O1)N1CCc2nc(-c3cccnc3)[nH]c2C1. The average molecular weight is 346 g/mol. The molecular formula is C20H18N4O2. The maximum atomic E-state index is 12.9. The molecule has 6 nitrogen and oxygen atoms in total. The molecule has 3 aromatic rings. The van der Waals surface area contributed by atoms with Gasteiger partial charge in [0.2, 0.25) is 0 Å². The smallest absolute Gasteiger partial charge is 0.264 e. The van der Waals surface area contributed by atoms with E-state index in [1.165, 1.54) is 0 Å². The standard InChI is InChI=1S/C20H18N4O2/c25-20(18-10-13-4-1-2-6-17(13)26-18)24-9-7-15-16(12-24)23-19(22-15)14-5-3-8-21-11-14/h1-6,8,11,18H,7,9-10,12H2,(H,22,23)/t18-/m1/s1. The van der Waals surface area contributed by atoms with E-state index in [1.54, 1.807) is 12.4 Å². The van der Waals surface area contributed by atoms with Crippen LogP contribution in [0.15, 0.2) is 48.8 Å². The first-order chi connectivity index (χ1) is 12.8. The van der Waals surface area contributed by atoms with E-state index >= 15 is 0 Å². The van der Waals surface area contributed by atoms with Crippen LogP contribution in [-0.2, 0) is 24.2 Å².